The molecule has 0 aliphatic carbocycles. The Labute approximate surface area is 133 Å². The highest BCUT2D eigenvalue weighted by molar-refractivity contribution is 5.79. The molecule has 108 valence electrons. The molecule has 4 heteroatoms. The van der Waals surface area contributed by atoms with E-state index in [1.165, 1.54) is 0 Å². The SMILES string of the molecule is N#Cc1cncc(-c2ccc(-c3nc4ccccc4[nH]3)cc2)c1. The second-order valence-corrected chi connectivity index (χ2v) is 5.25. The lowest BCUT2D eigenvalue weighted by atomic mass is 10.0. The van der Waals surface area contributed by atoms with Gasteiger partial charge < -0.3 is 4.98 Å². The van der Waals surface area contributed by atoms with Gasteiger partial charge in [0.05, 0.1) is 16.6 Å². The third kappa shape index (κ3) is 2.45. The summed E-state index contributed by atoms with van der Waals surface area (Å²) < 4.78 is 0. The maximum atomic E-state index is 8.97. The van der Waals surface area contributed by atoms with Crippen LogP contribution in [0.5, 0.6) is 0 Å². The Bertz CT molecular complexity index is 990. The molecule has 0 atom stereocenters. The Morgan fingerprint density at radius 2 is 1.65 bits per heavy atom. The molecule has 0 fully saturated rings. The number of H-pyrrole nitrogens is 1. The van der Waals surface area contributed by atoms with Crippen LogP contribution in [0.1, 0.15) is 5.56 Å². The molecule has 0 spiro atoms. The molecule has 0 aliphatic rings. The van der Waals surface area contributed by atoms with Gasteiger partial charge in [-0.05, 0) is 23.8 Å². The molecule has 0 radical (unpaired) electrons. The van der Waals surface area contributed by atoms with Crippen LogP contribution in [0.2, 0.25) is 0 Å². The number of nitrogens with one attached hydrogen (secondary N) is 1. The molecule has 0 saturated heterocycles. The van der Waals surface area contributed by atoms with Crippen LogP contribution in [0, 0.1) is 11.3 Å². The van der Waals surface area contributed by atoms with E-state index in [9.17, 15) is 0 Å². The molecular weight excluding hydrogens is 284 g/mol. The van der Waals surface area contributed by atoms with Gasteiger partial charge in [0.1, 0.15) is 11.9 Å². The minimum Gasteiger partial charge on any atom is -0.338 e. The molecule has 4 nitrogen and oxygen atoms in total. The van der Waals surface area contributed by atoms with Crippen molar-refractivity contribution in [1.82, 2.24) is 15.0 Å². The highest BCUT2D eigenvalue weighted by Crippen LogP contribution is 2.25. The smallest absolute Gasteiger partial charge is 0.138 e. The number of aromatic nitrogens is 3. The Kier molecular flexibility index (Phi) is 3.10. The minimum atomic E-state index is 0.559. The van der Waals surface area contributed by atoms with Gasteiger partial charge in [-0.25, -0.2) is 4.98 Å². The van der Waals surface area contributed by atoms with Gasteiger partial charge in [0.25, 0.3) is 0 Å². The second-order valence-electron chi connectivity index (χ2n) is 5.25. The Balaban J connectivity index is 1.71. The number of imidazole rings is 1. The maximum absolute atomic E-state index is 8.97. The summed E-state index contributed by atoms with van der Waals surface area (Å²) in [5.74, 6) is 0.849. The molecule has 0 unspecified atom stereocenters. The minimum absolute atomic E-state index is 0.559. The van der Waals surface area contributed by atoms with Crippen molar-refractivity contribution in [1.29, 1.82) is 5.26 Å². The molecule has 2 aromatic heterocycles. The van der Waals surface area contributed by atoms with Gasteiger partial charge in [-0.15, -0.1) is 0 Å². The fraction of sp³-hybridized carbons (Fsp3) is 0. The molecular formula is C19H12N4. The summed E-state index contributed by atoms with van der Waals surface area (Å²) in [5, 5.41) is 8.97. The van der Waals surface area contributed by atoms with Gasteiger partial charge in [0.15, 0.2) is 0 Å². The predicted octanol–water partition coefficient (Wildman–Crippen LogP) is 4.16. The van der Waals surface area contributed by atoms with Crippen molar-refractivity contribution in [2.75, 3.05) is 0 Å². The largest absolute Gasteiger partial charge is 0.338 e. The summed E-state index contributed by atoms with van der Waals surface area (Å²) in [6, 6.07) is 20.0. The van der Waals surface area contributed by atoms with Gasteiger partial charge in [0.2, 0.25) is 0 Å². The average Bonchev–Trinajstić information content (AvgIpc) is 3.06. The van der Waals surface area contributed by atoms with Crippen LogP contribution in [0.4, 0.5) is 0 Å². The average molecular weight is 296 g/mol. The van der Waals surface area contributed by atoms with Gasteiger partial charge in [0, 0.05) is 23.5 Å². The molecule has 23 heavy (non-hydrogen) atoms. The molecule has 2 aromatic carbocycles. The number of rotatable bonds is 2. The van der Waals surface area contributed by atoms with Crippen LogP contribution in [-0.2, 0) is 0 Å². The molecule has 4 aromatic rings. The Morgan fingerprint density at radius 3 is 2.43 bits per heavy atom. The van der Waals surface area contributed by atoms with Gasteiger partial charge in [-0.2, -0.15) is 5.26 Å². The van der Waals surface area contributed by atoms with Crippen molar-refractivity contribution < 1.29 is 0 Å². The summed E-state index contributed by atoms with van der Waals surface area (Å²) in [7, 11) is 0. The zero-order valence-corrected chi connectivity index (χ0v) is 12.2. The Morgan fingerprint density at radius 1 is 0.870 bits per heavy atom. The van der Waals surface area contributed by atoms with Crippen molar-refractivity contribution in [3.63, 3.8) is 0 Å². The molecule has 0 saturated carbocycles. The van der Waals surface area contributed by atoms with E-state index in [-0.39, 0.29) is 0 Å². The number of hydrogen-bond acceptors (Lipinski definition) is 3. The van der Waals surface area contributed by atoms with Crippen LogP contribution >= 0.6 is 0 Å². The number of aromatic amines is 1. The fourth-order valence-electron chi connectivity index (χ4n) is 2.57. The monoisotopic (exact) mass is 296 g/mol. The molecule has 2 heterocycles. The number of nitrogens with zero attached hydrogens (tertiary/aromatic N) is 3. The summed E-state index contributed by atoms with van der Waals surface area (Å²) in [6.45, 7) is 0. The lowest BCUT2D eigenvalue weighted by molar-refractivity contribution is 1.30. The highest BCUT2D eigenvalue weighted by atomic mass is 14.9. The quantitative estimate of drug-likeness (QED) is 0.604. The predicted molar refractivity (Wildman–Crippen MR) is 89.5 cm³/mol. The van der Waals surface area contributed by atoms with E-state index in [1.807, 2.05) is 54.6 Å². The van der Waals surface area contributed by atoms with Gasteiger partial charge in [-0.3, -0.25) is 4.98 Å². The number of benzene rings is 2. The topological polar surface area (TPSA) is 65.4 Å². The number of hydrogen-bond donors (Lipinski definition) is 1. The van der Waals surface area contributed by atoms with Gasteiger partial charge >= 0.3 is 0 Å². The van der Waals surface area contributed by atoms with Crippen LogP contribution in [-0.4, -0.2) is 15.0 Å². The van der Waals surface area contributed by atoms with Crippen molar-refractivity contribution in [3.8, 4) is 28.6 Å². The first kappa shape index (κ1) is 13.2. The summed E-state index contributed by atoms with van der Waals surface area (Å²) in [6.07, 6.45) is 3.32. The van der Waals surface area contributed by atoms with E-state index in [1.54, 1.807) is 12.4 Å². The van der Waals surface area contributed by atoms with E-state index >= 15 is 0 Å². The lowest BCUT2D eigenvalue weighted by Crippen LogP contribution is -1.84. The van der Waals surface area contributed by atoms with Crippen LogP contribution in [0.3, 0.4) is 0 Å². The van der Waals surface area contributed by atoms with Gasteiger partial charge in [-0.1, -0.05) is 36.4 Å². The summed E-state index contributed by atoms with van der Waals surface area (Å²) in [4.78, 5) is 12.0. The number of nitriles is 1. The molecule has 1 N–H and O–H groups in total. The second kappa shape index (κ2) is 5.39. The van der Waals surface area contributed by atoms with E-state index in [2.05, 4.69) is 21.0 Å². The highest BCUT2D eigenvalue weighted by Gasteiger charge is 2.06. The first-order valence-electron chi connectivity index (χ1n) is 7.24. The van der Waals surface area contributed by atoms with Crippen molar-refractivity contribution in [3.05, 3.63) is 72.6 Å². The summed E-state index contributed by atoms with van der Waals surface area (Å²) in [5.41, 5.74) is 5.52. The van der Waals surface area contributed by atoms with Crippen LogP contribution in [0.15, 0.2) is 67.0 Å². The van der Waals surface area contributed by atoms with E-state index in [4.69, 9.17) is 5.26 Å². The van der Waals surface area contributed by atoms with Crippen LogP contribution < -0.4 is 0 Å². The zero-order valence-electron chi connectivity index (χ0n) is 12.2. The van der Waals surface area contributed by atoms with Crippen molar-refractivity contribution in [2.45, 2.75) is 0 Å². The molecule has 0 bridgehead atoms. The van der Waals surface area contributed by atoms with E-state index < -0.39 is 0 Å². The number of para-hydroxylation sites is 2. The molecule has 0 amide bonds. The lowest BCUT2D eigenvalue weighted by Gasteiger charge is -2.03. The zero-order chi connectivity index (χ0) is 15.6. The van der Waals surface area contributed by atoms with Crippen molar-refractivity contribution >= 4 is 11.0 Å². The fourth-order valence-corrected chi connectivity index (χ4v) is 2.57. The maximum Gasteiger partial charge on any atom is 0.138 e. The molecule has 4 rings (SSSR count). The van der Waals surface area contributed by atoms with E-state index in [0.29, 0.717) is 5.56 Å². The first-order chi connectivity index (χ1) is 11.3. The Hall–Kier alpha value is -3.45. The standard InChI is InChI=1S/C19H12N4/c20-10-13-9-16(12-21-11-13)14-5-7-15(8-6-14)19-22-17-3-1-2-4-18(17)23-19/h1-9,11-12H,(H,22,23). The first-order valence-corrected chi connectivity index (χ1v) is 7.24. The third-order valence-corrected chi connectivity index (χ3v) is 3.75. The number of pyridine rings is 1. The normalized spacial score (nSPS) is 10.6. The van der Waals surface area contributed by atoms with Crippen molar-refractivity contribution in [2.24, 2.45) is 0 Å². The third-order valence-electron chi connectivity index (χ3n) is 3.75. The number of fused-ring (bicyclic) bond motifs is 1. The van der Waals surface area contributed by atoms with E-state index in [0.717, 1.165) is 33.5 Å². The summed E-state index contributed by atoms with van der Waals surface area (Å²) >= 11 is 0. The molecule has 0 aliphatic heterocycles. The van der Waals surface area contributed by atoms with Crippen LogP contribution in [0.25, 0.3) is 33.5 Å².